The molecule has 1 unspecified atom stereocenters. The lowest BCUT2D eigenvalue weighted by molar-refractivity contribution is -0.0603. The zero-order valence-electron chi connectivity index (χ0n) is 11.6. The van der Waals surface area contributed by atoms with Gasteiger partial charge in [-0.1, -0.05) is 0 Å². The molecule has 1 atom stereocenters. The molecule has 4 aliphatic rings. The minimum atomic E-state index is 0.302. The molecule has 0 amide bonds. The second-order valence-electron chi connectivity index (χ2n) is 7.67. The number of rotatable bonds is 4. The van der Waals surface area contributed by atoms with E-state index in [2.05, 4.69) is 16.3 Å². The van der Waals surface area contributed by atoms with E-state index in [4.69, 9.17) is 5.73 Å². The summed E-state index contributed by atoms with van der Waals surface area (Å²) >= 11 is 0. The van der Waals surface area contributed by atoms with Crippen LogP contribution in [0, 0.1) is 23.2 Å². The van der Waals surface area contributed by atoms with E-state index in [1.165, 1.54) is 50.6 Å². The van der Waals surface area contributed by atoms with Gasteiger partial charge in [0.25, 0.3) is 0 Å². The van der Waals surface area contributed by atoms with Crippen LogP contribution in [0.2, 0.25) is 0 Å². The SMILES string of the molecule is NC(Cc1ccn[nH]1)CC12CC3CC(CC(C3)C1)C2. The van der Waals surface area contributed by atoms with E-state index in [1.807, 2.05) is 6.20 Å². The number of hydrogen-bond donors (Lipinski definition) is 2. The molecule has 5 rings (SSSR count). The van der Waals surface area contributed by atoms with E-state index in [0.717, 1.165) is 24.2 Å². The van der Waals surface area contributed by atoms with E-state index in [1.54, 1.807) is 0 Å². The molecule has 0 radical (unpaired) electrons. The highest BCUT2D eigenvalue weighted by Gasteiger charge is 2.50. The Morgan fingerprint density at radius 1 is 1.21 bits per heavy atom. The summed E-state index contributed by atoms with van der Waals surface area (Å²) < 4.78 is 0. The van der Waals surface area contributed by atoms with Crippen molar-refractivity contribution in [1.82, 2.24) is 10.2 Å². The van der Waals surface area contributed by atoms with Crippen LogP contribution in [0.1, 0.15) is 50.6 Å². The lowest BCUT2D eigenvalue weighted by Crippen LogP contribution is -2.48. The van der Waals surface area contributed by atoms with Crippen LogP contribution in [0.15, 0.2) is 12.3 Å². The first kappa shape index (κ1) is 12.0. The zero-order chi connectivity index (χ0) is 12.9. The molecule has 0 spiro atoms. The molecule has 4 bridgehead atoms. The molecular formula is C16H25N3. The molecule has 1 heterocycles. The molecule has 0 saturated heterocycles. The van der Waals surface area contributed by atoms with Crippen LogP contribution in [0.25, 0.3) is 0 Å². The van der Waals surface area contributed by atoms with Gasteiger partial charge in [0.05, 0.1) is 0 Å². The molecule has 104 valence electrons. The minimum Gasteiger partial charge on any atom is -0.327 e. The van der Waals surface area contributed by atoms with Crippen LogP contribution < -0.4 is 5.73 Å². The highest BCUT2D eigenvalue weighted by Crippen LogP contribution is 2.61. The van der Waals surface area contributed by atoms with Gasteiger partial charge < -0.3 is 5.73 Å². The van der Waals surface area contributed by atoms with Gasteiger partial charge >= 0.3 is 0 Å². The lowest BCUT2D eigenvalue weighted by atomic mass is 9.48. The Labute approximate surface area is 115 Å². The summed E-state index contributed by atoms with van der Waals surface area (Å²) in [6.45, 7) is 0. The fourth-order valence-corrected chi connectivity index (χ4v) is 5.85. The standard InChI is InChI=1S/C16H25N3/c17-14(6-15-1-2-18-19-15)10-16-7-11-3-12(8-16)5-13(4-11)9-16/h1-2,11-14H,3-10,17H2,(H,18,19). The van der Waals surface area contributed by atoms with Crippen LogP contribution in [0.3, 0.4) is 0 Å². The number of nitrogens with two attached hydrogens (primary N) is 1. The molecule has 3 N–H and O–H groups in total. The molecule has 0 aromatic carbocycles. The molecule has 0 aliphatic heterocycles. The first-order valence-corrected chi connectivity index (χ1v) is 7.95. The van der Waals surface area contributed by atoms with Gasteiger partial charge in [-0.3, -0.25) is 5.10 Å². The Hall–Kier alpha value is -0.830. The number of hydrogen-bond acceptors (Lipinski definition) is 2. The predicted octanol–water partition coefficient (Wildman–Crippen LogP) is 2.89. The van der Waals surface area contributed by atoms with Crippen LogP contribution in [-0.2, 0) is 6.42 Å². The van der Waals surface area contributed by atoms with Crippen molar-refractivity contribution in [3.05, 3.63) is 18.0 Å². The quantitative estimate of drug-likeness (QED) is 0.873. The summed E-state index contributed by atoms with van der Waals surface area (Å²) in [6.07, 6.45) is 13.0. The second kappa shape index (κ2) is 4.34. The third-order valence-electron chi connectivity index (χ3n) is 5.90. The topological polar surface area (TPSA) is 54.7 Å². The third-order valence-corrected chi connectivity index (χ3v) is 5.90. The van der Waals surface area contributed by atoms with E-state index in [9.17, 15) is 0 Å². The predicted molar refractivity (Wildman–Crippen MR) is 75.5 cm³/mol. The van der Waals surface area contributed by atoms with Crippen molar-refractivity contribution in [1.29, 1.82) is 0 Å². The number of aromatic nitrogens is 2. The molecule has 19 heavy (non-hydrogen) atoms. The van der Waals surface area contributed by atoms with E-state index >= 15 is 0 Å². The van der Waals surface area contributed by atoms with Gasteiger partial charge in [-0.05, 0) is 74.2 Å². The van der Waals surface area contributed by atoms with Crippen molar-refractivity contribution in [2.75, 3.05) is 0 Å². The van der Waals surface area contributed by atoms with Crippen molar-refractivity contribution < 1.29 is 0 Å². The summed E-state index contributed by atoms with van der Waals surface area (Å²) in [6, 6.07) is 2.36. The molecular weight excluding hydrogens is 234 g/mol. The van der Waals surface area contributed by atoms with Crippen LogP contribution in [0.4, 0.5) is 0 Å². The fourth-order valence-electron chi connectivity index (χ4n) is 5.85. The maximum Gasteiger partial charge on any atom is 0.0490 e. The molecule has 4 saturated carbocycles. The zero-order valence-corrected chi connectivity index (χ0v) is 11.6. The fraction of sp³-hybridized carbons (Fsp3) is 0.812. The Kier molecular flexibility index (Phi) is 2.73. The van der Waals surface area contributed by atoms with Gasteiger partial charge in [0.15, 0.2) is 0 Å². The van der Waals surface area contributed by atoms with Gasteiger partial charge in [-0.15, -0.1) is 0 Å². The number of nitrogens with one attached hydrogen (secondary N) is 1. The second-order valence-corrected chi connectivity index (χ2v) is 7.67. The lowest BCUT2D eigenvalue weighted by Gasteiger charge is -2.57. The third kappa shape index (κ3) is 2.22. The monoisotopic (exact) mass is 259 g/mol. The van der Waals surface area contributed by atoms with E-state index in [0.29, 0.717) is 11.5 Å². The largest absolute Gasteiger partial charge is 0.327 e. The molecule has 1 aromatic heterocycles. The van der Waals surface area contributed by atoms with E-state index < -0.39 is 0 Å². The number of H-pyrrole nitrogens is 1. The Morgan fingerprint density at radius 2 is 1.84 bits per heavy atom. The summed E-state index contributed by atoms with van der Waals surface area (Å²) in [5.74, 6) is 3.10. The highest BCUT2D eigenvalue weighted by atomic mass is 15.1. The number of aromatic amines is 1. The summed E-state index contributed by atoms with van der Waals surface area (Å²) in [4.78, 5) is 0. The average Bonchev–Trinajstić information content (AvgIpc) is 2.78. The summed E-state index contributed by atoms with van der Waals surface area (Å²) in [7, 11) is 0. The molecule has 3 heteroatoms. The number of nitrogens with zero attached hydrogens (tertiary/aromatic N) is 1. The first-order chi connectivity index (χ1) is 9.21. The van der Waals surface area contributed by atoms with Gasteiger partial charge in [0.2, 0.25) is 0 Å². The Balaban J connectivity index is 1.44. The van der Waals surface area contributed by atoms with Gasteiger partial charge in [-0.2, -0.15) is 5.10 Å². The Bertz CT molecular complexity index is 402. The van der Waals surface area contributed by atoms with Crippen LogP contribution in [0.5, 0.6) is 0 Å². The molecule has 4 fully saturated rings. The molecule has 4 aliphatic carbocycles. The van der Waals surface area contributed by atoms with Crippen molar-refractivity contribution in [3.63, 3.8) is 0 Å². The smallest absolute Gasteiger partial charge is 0.0490 e. The molecule has 3 nitrogen and oxygen atoms in total. The maximum absolute atomic E-state index is 6.44. The van der Waals surface area contributed by atoms with E-state index in [-0.39, 0.29) is 0 Å². The minimum absolute atomic E-state index is 0.302. The van der Waals surface area contributed by atoms with Crippen molar-refractivity contribution >= 4 is 0 Å². The van der Waals surface area contributed by atoms with Crippen LogP contribution >= 0.6 is 0 Å². The normalized spacial score (nSPS) is 41.6. The van der Waals surface area contributed by atoms with Gasteiger partial charge in [-0.25, -0.2) is 0 Å². The highest BCUT2D eigenvalue weighted by molar-refractivity contribution is 5.05. The van der Waals surface area contributed by atoms with Crippen molar-refractivity contribution in [3.8, 4) is 0 Å². The maximum atomic E-state index is 6.44. The van der Waals surface area contributed by atoms with Gasteiger partial charge in [0.1, 0.15) is 0 Å². The Morgan fingerprint density at radius 3 is 2.37 bits per heavy atom. The van der Waals surface area contributed by atoms with Crippen LogP contribution in [-0.4, -0.2) is 16.2 Å². The average molecular weight is 259 g/mol. The first-order valence-electron chi connectivity index (χ1n) is 7.95. The summed E-state index contributed by atoms with van der Waals surface area (Å²) in [5, 5.41) is 7.07. The van der Waals surface area contributed by atoms with Gasteiger partial charge in [0, 0.05) is 24.4 Å². The summed E-state index contributed by atoms with van der Waals surface area (Å²) in [5.41, 5.74) is 8.24. The van der Waals surface area contributed by atoms with Crippen molar-refractivity contribution in [2.45, 2.75) is 57.4 Å². The van der Waals surface area contributed by atoms with Crippen molar-refractivity contribution in [2.24, 2.45) is 28.9 Å². The molecule has 1 aromatic rings.